The van der Waals surface area contributed by atoms with Crippen molar-refractivity contribution >= 4 is 69.0 Å². The van der Waals surface area contributed by atoms with E-state index in [1.807, 2.05) is 73.7 Å². The van der Waals surface area contributed by atoms with E-state index in [1.54, 1.807) is 48.5 Å². The van der Waals surface area contributed by atoms with Gasteiger partial charge in [-0.2, -0.15) is 0 Å². The molecule has 2 aliphatic heterocycles. The Morgan fingerprint density at radius 1 is 0.731 bits per heavy atom. The number of hydrogen-bond donors (Lipinski definition) is 1. The number of benzene rings is 5. The number of imide groups is 2. The number of phenols is 1. The van der Waals surface area contributed by atoms with Gasteiger partial charge in [0, 0.05) is 21.5 Å². The molecule has 9 rings (SSSR count). The van der Waals surface area contributed by atoms with Crippen molar-refractivity contribution in [1.29, 1.82) is 0 Å². The van der Waals surface area contributed by atoms with Crippen molar-refractivity contribution in [2.75, 3.05) is 9.80 Å². The highest BCUT2D eigenvalue weighted by atomic mass is 35.5. The number of nitrogens with zero attached hydrogens (tertiary/aromatic N) is 2. The Kier molecular flexibility index (Phi) is 7.47. The van der Waals surface area contributed by atoms with Crippen molar-refractivity contribution in [1.82, 2.24) is 0 Å². The lowest BCUT2D eigenvalue weighted by molar-refractivity contribution is -0.127. The van der Waals surface area contributed by atoms with Gasteiger partial charge in [0.1, 0.15) is 5.75 Å². The Hall–Kier alpha value is -5.24. The third-order valence-corrected chi connectivity index (χ3v) is 12.5. The largest absolute Gasteiger partial charge is 0.508 e. The van der Waals surface area contributed by atoms with Crippen LogP contribution >= 0.6 is 23.2 Å². The quantitative estimate of drug-likeness (QED) is 0.148. The summed E-state index contributed by atoms with van der Waals surface area (Å²) in [6.45, 7) is 1.85. The molecular weight excluding hydrogens is 695 g/mol. The van der Waals surface area contributed by atoms with Gasteiger partial charge in [0.2, 0.25) is 23.6 Å². The highest BCUT2D eigenvalue weighted by molar-refractivity contribution is 6.33. The Balaban J connectivity index is 1.31. The summed E-state index contributed by atoms with van der Waals surface area (Å²) < 4.78 is 0. The van der Waals surface area contributed by atoms with E-state index in [9.17, 15) is 14.7 Å². The maximum atomic E-state index is 15.5. The minimum atomic E-state index is -1.51. The fourth-order valence-electron chi connectivity index (χ4n) is 9.62. The lowest BCUT2D eigenvalue weighted by Gasteiger charge is -2.51. The minimum absolute atomic E-state index is 0.0207. The number of phenolic OH excluding ortho intramolecular Hbond substituents is 1. The summed E-state index contributed by atoms with van der Waals surface area (Å²) >= 11 is 12.9. The number of aromatic hydroxyl groups is 1. The molecule has 2 saturated heterocycles. The highest BCUT2D eigenvalue weighted by Gasteiger charge is 2.70. The Bertz CT molecular complexity index is 2410. The summed E-state index contributed by atoms with van der Waals surface area (Å²) in [5.41, 5.74) is 1.97. The van der Waals surface area contributed by atoms with Crippen molar-refractivity contribution < 1.29 is 24.3 Å². The van der Waals surface area contributed by atoms with E-state index in [0.717, 1.165) is 21.9 Å². The van der Waals surface area contributed by atoms with Gasteiger partial charge >= 0.3 is 0 Å². The molecule has 6 atom stereocenters. The van der Waals surface area contributed by atoms with Crippen molar-refractivity contribution in [3.8, 4) is 5.75 Å². The van der Waals surface area contributed by atoms with Gasteiger partial charge in [-0.1, -0.05) is 108 Å². The molecule has 52 heavy (non-hydrogen) atoms. The molecule has 5 aromatic rings. The molecule has 7 nitrogen and oxygen atoms in total. The van der Waals surface area contributed by atoms with Crippen LogP contribution in [0.3, 0.4) is 0 Å². The van der Waals surface area contributed by atoms with Crippen molar-refractivity contribution in [2.24, 2.45) is 23.7 Å². The van der Waals surface area contributed by atoms with Crippen LogP contribution in [0.1, 0.15) is 35.4 Å². The molecule has 4 amide bonds. The maximum absolute atomic E-state index is 15.5. The van der Waals surface area contributed by atoms with E-state index in [4.69, 9.17) is 23.2 Å². The highest BCUT2D eigenvalue weighted by Crippen LogP contribution is 2.66. The molecule has 2 heterocycles. The van der Waals surface area contributed by atoms with Crippen molar-refractivity contribution in [3.05, 3.63) is 148 Å². The second kappa shape index (κ2) is 11.9. The zero-order valence-electron chi connectivity index (χ0n) is 28.0. The number of rotatable bonds is 4. The molecule has 9 heteroatoms. The zero-order chi connectivity index (χ0) is 36.1. The van der Waals surface area contributed by atoms with Crippen LogP contribution in [0.4, 0.5) is 11.4 Å². The number of fused-ring (bicyclic) bond motifs is 5. The Labute approximate surface area is 310 Å². The molecule has 5 aromatic carbocycles. The average Bonchev–Trinajstić information content (AvgIpc) is 3.54. The maximum Gasteiger partial charge on any atom is 0.246 e. The number of carbonyl (C=O) groups excluding carboxylic acids is 4. The number of anilines is 2. The van der Waals surface area contributed by atoms with Crippen LogP contribution in [0.5, 0.6) is 5.75 Å². The van der Waals surface area contributed by atoms with Crippen LogP contribution in [-0.2, 0) is 24.6 Å². The summed E-state index contributed by atoms with van der Waals surface area (Å²) in [4.78, 5) is 61.8. The van der Waals surface area contributed by atoms with Gasteiger partial charge in [-0.3, -0.25) is 19.2 Å². The second-order valence-electron chi connectivity index (χ2n) is 14.3. The standard InChI is InChI=1S/C43H32Cl2N2O5/c1-23-14-16-28(21-34(23)45)46-39(49)31-18-17-30-32(36(31)41(46)51)22-33-40(50)47(27-12-7-11-26(44)20-27)42(52)43(33,25-9-3-2-4-10-25)38(30)37-29-13-6-5-8-24(29)15-19-35(37)48/h2-17,19-21,31-33,36,38,48H,18,22H2,1H3. The van der Waals surface area contributed by atoms with Gasteiger partial charge < -0.3 is 5.11 Å². The number of aryl methyl sites for hydroxylation is 1. The van der Waals surface area contributed by atoms with Crippen LogP contribution in [0, 0.1) is 30.6 Å². The first-order valence-electron chi connectivity index (χ1n) is 17.4. The first-order chi connectivity index (χ1) is 25.1. The summed E-state index contributed by atoms with van der Waals surface area (Å²) in [6.07, 6.45) is 2.40. The number of halogens is 2. The molecule has 0 radical (unpaired) electrons. The number of allylic oxidation sites excluding steroid dienone is 2. The van der Waals surface area contributed by atoms with Crippen LogP contribution in [-0.4, -0.2) is 28.7 Å². The van der Waals surface area contributed by atoms with E-state index in [-0.39, 0.29) is 30.4 Å². The average molecular weight is 728 g/mol. The molecule has 0 aromatic heterocycles. The Morgan fingerprint density at radius 3 is 2.25 bits per heavy atom. The molecule has 6 unspecified atom stereocenters. The lowest BCUT2D eigenvalue weighted by Crippen LogP contribution is -2.53. The zero-order valence-corrected chi connectivity index (χ0v) is 29.5. The second-order valence-corrected chi connectivity index (χ2v) is 15.1. The third kappa shape index (κ3) is 4.45. The molecular formula is C43H32Cl2N2O5. The summed E-state index contributed by atoms with van der Waals surface area (Å²) in [5.74, 6) is -5.39. The van der Waals surface area contributed by atoms with E-state index in [0.29, 0.717) is 32.5 Å². The molecule has 1 saturated carbocycles. The SMILES string of the molecule is Cc1ccc(N2C(=O)C3CC=C4C(CC5C(=O)N(c6cccc(Cl)c6)C(=O)C5(c5ccccc5)C4c4c(O)ccc5ccccc45)C3C2=O)cc1Cl. The molecule has 1 N–H and O–H groups in total. The minimum Gasteiger partial charge on any atom is -0.508 e. The predicted molar refractivity (Wildman–Crippen MR) is 200 cm³/mol. The normalized spacial score (nSPS) is 26.8. The van der Waals surface area contributed by atoms with Gasteiger partial charge in [0.15, 0.2) is 0 Å². The van der Waals surface area contributed by atoms with Gasteiger partial charge in [-0.25, -0.2) is 9.80 Å². The van der Waals surface area contributed by atoms with E-state index < -0.39 is 46.8 Å². The van der Waals surface area contributed by atoms with Crippen LogP contribution in [0.25, 0.3) is 10.8 Å². The van der Waals surface area contributed by atoms with E-state index in [2.05, 4.69) is 0 Å². The first kappa shape index (κ1) is 32.7. The van der Waals surface area contributed by atoms with Crippen LogP contribution in [0.2, 0.25) is 10.0 Å². The topological polar surface area (TPSA) is 95.0 Å². The summed E-state index contributed by atoms with van der Waals surface area (Å²) in [5, 5.41) is 14.3. The van der Waals surface area contributed by atoms with Gasteiger partial charge in [0.25, 0.3) is 0 Å². The van der Waals surface area contributed by atoms with Crippen molar-refractivity contribution in [3.63, 3.8) is 0 Å². The van der Waals surface area contributed by atoms with Crippen molar-refractivity contribution in [2.45, 2.75) is 31.1 Å². The predicted octanol–water partition coefficient (Wildman–Crippen LogP) is 8.53. The molecule has 258 valence electrons. The Morgan fingerprint density at radius 2 is 1.48 bits per heavy atom. The van der Waals surface area contributed by atoms with Crippen LogP contribution < -0.4 is 9.80 Å². The number of hydrogen-bond acceptors (Lipinski definition) is 5. The molecule has 4 aliphatic rings. The van der Waals surface area contributed by atoms with Gasteiger partial charge in [0.05, 0.1) is 34.5 Å². The fourth-order valence-corrected chi connectivity index (χ4v) is 9.98. The summed E-state index contributed by atoms with van der Waals surface area (Å²) in [7, 11) is 0. The lowest BCUT2D eigenvalue weighted by atomic mass is 9.48. The molecule has 0 bridgehead atoms. The molecule has 2 aliphatic carbocycles. The fraction of sp³-hybridized carbons (Fsp3) is 0.209. The molecule has 0 spiro atoms. The van der Waals surface area contributed by atoms with E-state index in [1.165, 1.54) is 9.80 Å². The monoisotopic (exact) mass is 726 g/mol. The first-order valence-corrected chi connectivity index (χ1v) is 18.1. The number of amides is 4. The third-order valence-electron chi connectivity index (χ3n) is 11.8. The van der Waals surface area contributed by atoms with Gasteiger partial charge in [-0.05, 0) is 84.0 Å². The van der Waals surface area contributed by atoms with E-state index >= 15 is 9.59 Å². The van der Waals surface area contributed by atoms with Gasteiger partial charge in [-0.15, -0.1) is 0 Å². The van der Waals surface area contributed by atoms with Crippen LogP contribution in [0.15, 0.2) is 121 Å². The smallest absolute Gasteiger partial charge is 0.246 e. The summed E-state index contributed by atoms with van der Waals surface area (Å²) in [6, 6.07) is 32.2. The molecule has 3 fully saturated rings. The number of carbonyl (C=O) groups is 4.